The standard InChI is InChI=1S/C15H11Br2ClO2/c1-2-20-10-4-6-12(14(17)8-10)15(19)11-5-3-9(18)7-13(11)16/h3-8H,2H2,1H3. The van der Waals surface area contributed by atoms with Crippen molar-refractivity contribution in [2.45, 2.75) is 6.92 Å². The molecule has 0 bridgehead atoms. The van der Waals surface area contributed by atoms with E-state index in [9.17, 15) is 4.79 Å². The van der Waals surface area contributed by atoms with E-state index in [0.717, 1.165) is 5.75 Å². The van der Waals surface area contributed by atoms with Crippen LogP contribution in [0.2, 0.25) is 5.02 Å². The van der Waals surface area contributed by atoms with Crippen molar-refractivity contribution in [2.75, 3.05) is 6.61 Å². The Labute approximate surface area is 139 Å². The van der Waals surface area contributed by atoms with E-state index in [4.69, 9.17) is 16.3 Å². The van der Waals surface area contributed by atoms with Crippen molar-refractivity contribution >= 4 is 49.2 Å². The summed E-state index contributed by atoms with van der Waals surface area (Å²) in [4.78, 5) is 12.5. The summed E-state index contributed by atoms with van der Waals surface area (Å²) in [6, 6.07) is 10.4. The summed E-state index contributed by atoms with van der Waals surface area (Å²) in [5, 5.41) is 0.583. The highest BCUT2D eigenvalue weighted by Gasteiger charge is 2.16. The van der Waals surface area contributed by atoms with E-state index in [1.807, 2.05) is 6.92 Å². The molecule has 5 heteroatoms. The number of benzene rings is 2. The Balaban J connectivity index is 2.38. The maximum Gasteiger partial charge on any atom is 0.195 e. The van der Waals surface area contributed by atoms with E-state index < -0.39 is 0 Å². The molecule has 0 atom stereocenters. The number of carbonyl (C=O) groups is 1. The summed E-state index contributed by atoms with van der Waals surface area (Å²) in [5.41, 5.74) is 1.15. The molecule has 2 aromatic carbocycles. The van der Waals surface area contributed by atoms with Crippen molar-refractivity contribution in [3.8, 4) is 5.75 Å². The van der Waals surface area contributed by atoms with Crippen molar-refractivity contribution in [1.82, 2.24) is 0 Å². The van der Waals surface area contributed by atoms with Gasteiger partial charge >= 0.3 is 0 Å². The summed E-state index contributed by atoms with van der Waals surface area (Å²) in [6.07, 6.45) is 0. The molecule has 0 unspecified atom stereocenters. The Morgan fingerprint density at radius 3 is 2.25 bits per heavy atom. The fourth-order valence-electron chi connectivity index (χ4n) is 1.76. The monoisotopic (exact) mass is 416 g/mol. The van der Waals surface area contributed by atoms with Crippen molar-refractivity contribution in [3.05, 3.63) is 61.5 Å². The fraction of sp³-hybridized carbons (Fsp3) is 0.133. The van der Waals surface area contributed by atoms with Crippen LogP contribution in [0.15, 0.2) is 45.3 Å². The van der Waals surface area contributed by atoms with Crippen molar-refractivity contribution in [2.24, 2.45) is 0 Å². The van der Waals surface area contributed by atoms with E-state index in [1.165, 1.54) is 0 Å². The van der Waals surface area contributed by atoms with E-state index >= 15 is 0 Å². The van der Waals surface area contributed by atoms with Crippen LogP contribution >= 0.6 is 43.5 Å². The molecule has 2 rings (SSSR count). The Morgan fingerprint density at radius 2 is 1.70 bits per heavy atom. The van der Waals surface area contributed by atoms with Crippen LogP contribution in [0.25, 0.3) is 0 Å². The highest BCUT2D eigenvalue weighted by Crippen LogP contribution is 2.29. The van der Waals surface area contributed by atoms with Gasteiger partial charge in [0.25, 0.3) is 0 Å². The van der Waals surface area contributed by atoms with Gasteiger partial charge in [0.15, 0.2) is 5.78 Å². The van der Waals surface area contributed by atoms with Crippen molar-refractivity contribution in [3.63, 3.8) is 0 Å². The molecular weight excluding hydrogens is 407 g/mol. The largest absolute Gasteiger partial charge is 0.494 e. The summed E-state index contributed by atoms with van der Waals surface area (Å²) in [5.74, 6) is 0.648. The summed E-state index contributed by atoms with van der Waals surface area (Å²) in [7, 11) is 0. The minimum Gasteiger partial charge on any atom is -0.494 e. The van der Waals surface area contributed by atoms with Crippen molar-refractivity contribution < 1.29 is 9.53 Å². The lowest BCUT2D eigenvalue weighted by Crippen LogP contribution is -2.04. The maximum atomic E-state index is 12.5. The van der Waals surface area contributed by atoms with Gasteiger partial charge in [-0.25, -0.2) is 0 Å². The van der Waals surface area contributed by atoms with Gasteiger partial charge in [-0.15, -0.1) is 0 Å². The molecule has 0 aromatic heterocycles. The van der Waals surface area contributed by atoms with Crippen LogP contribution in [0.5, 0.6) is 5.75 Å². The van der Waals surface area contributed by atoms with Gasteiger partial charge in [0.1, 0.15) is 5.75 Å². The first-order valence-electron chi connectivity index (χ1n) is 5.95. The zero-order chi connectivity index (χ0) is 14.7. The van der Waals surface area contributed by atoms with Gasteiger partial charge in [0.2, 0.25) is 0 Å². The zero-order valence-electron chi connectivity index (χ0n) is 10.6. The lowest BCUT2D eigenvalue weighted by Gasteiger charge is -2.09. The maximum absolute atomic E-state index is 12.5. The normalized spacial score (nSPS) is 10.4. The molecule has 104 valence electrons. The first-order chi connectivity index (χ1) is 9.52. The average molecular weight is 419 g/mol. The molecule has 0 saturated heterocycles. The number of rotatable bonds is 4. The molecule has 0 saturated carbocycles. The van der Waals surface area contributed by atoms with Crippen LogP contribution < -0.4 is 4.74 Å². The van der Waals surface area contributed by atoms with Gasteiger partial charge in [0.05, 0.1) is 6.61 Å². The lowest BCUT2D eigenvalue weighted by atomic mass is 10.0. The molecule has 0 aliphatic heterocycles. The molecule has 0 aliphatic rings. The van der Waals surface area contributed by atoms with Gasteiger partial charge in [-0.05, 0) is 75.2 Å². The SMILES string of the molecule is CCOc1ccc(C(=O)c2ccc(Cl)cc2Br)c(Br)c1. The molecule has 0 fully saturated rings. The molecule has 2 aromatic rings. The summed E-state index contributed by atoms with van der Waals surface area (Å²) in [6.45, 7) is 2.50. The first kappa shape index (κ1) is 15.5. The van der Waals surface area contributed by atoms with Crippen molar-refractivity contribution in [1.29, 1.82) is 0 Å². The van der Waals surface area contributed by atoms with Crippen LogP contribution in [-0.4, -0.2) is 12.4 Å². The Kier molecular flexibility index (Phi) is 5.24. The number of hydrogen-bond donors (Lipinski definition) is 0. The molecular formula is C15H11Br2ClO2. The number of ether oxygens (including phenoxy) is 1. The van der Waals surface area contributed by atoms with Crippen LogP contribution in [0.1, 0.15) is 22.8 Å². The Hall–Kier alpha value is -0.840. The minimum atomic E-state index is -0.0801. The Bertz CT molecular complexity index is 656. The second kappa shape index (κ2) is 6.74. The highest BCUT2D eigenvalue weighted by atomic mass is 79.9. The third-order valence-corrected chi connectivity index (χ3v) is 4.22. The average Bonchev–Trinajstić information content (AvgIpc) is 2.38. The molecule has 0 spiro atoms. The van der Waals surface area contributed by atoms with Gasteiger partial charge in [-0.3, -0.25) is 4.79 Å². The first-order valence-corrected chi connectivity index (χ1v) is 7.91. The van der Waals surface area contributed by atoms with E-state index in [1.54, 1.807) is 36.4 Å². The number of halogens is 3. The molecule has 0 aliphatic carbocycles. The Morgan fingerprint density at radius 1 is 1.10 bits per heavy atom. The second-order valence-electron chi connectivity index (χ2n) is 4.03. The number of hydrogen-bond acceptors (Lipinski definition) is 2. The van der Waals surface area contributed by atoms with Gasteiger partial charge in [-0.1, -0.05) is 11.6 Å². The predicted molar refractivity (Wildman–Crippen MR) is 87.9 cm³/mol. The third-order valence-electron chi connectivity index (χ3n) is 2.67. The second-order valence-corrected chi connectivity index (χ2v) is 6.17. The minimum absolute atomic E-state index is 0.0801. The lowest BCUT2D eigenvalue weighted by molar-refractivity contribution is 0.103. The highest BCUT2D eigenvalue weighted by molar-refractivity contribution is 9.11. The molecule has 0 amide bonds. The van der Waals surface area contributed by atoms with Gasteiger partial charge in [-0.2, -0.15) is 0 Å². The van der Waals surface area contributed by atoms with E-state index in [-0.39, 0.29) is 5.78 Å². The van der Waals surface area contributed by atoms with Crippen LogP contribution in [0.3, 0.4) is 0 Å². The third kappa shape index (κ3) is 3.43. The molecule has 0 N–H and O–H groups in total. The van der Waals surface area contributed by atoms with Gasteiger partial charge in [0, 0.05) is 25.1 Å². The fourth-order valence-corrected chi connectivity index (χ4v) is 3.16. The number of carbonyl (C=O) groups excluding carboxylic acids is 1. The van der Waals surface area contributed by atoms with E-state index in [0.29, 0.717) is 31.7 Å². The predicted octanol–water partition coefficient (Wildman–Crippen LogP) is 5.49. The molecule has 0 radical (unpaired) electrons. The quantitative estimate of drug-likeness (QED) is 0.614. The molecule has 20 heavy (non-hydrogen) atoms. The zero-order valence-corrected chi connectivity index (χ0v) is 14.5. The van der Waals surface area contributed by atoms with E-state index in [2.05, 4.69) is 31.9 Å². The number of ketones is 1. The summed E-state index contributed by atoms with van der Waals surface area (Å²) < 4.78 is 6.78. The van der Waals surface area contributed by atoms with Gasteiger partial charge < -0.3 is 4.74 Å². The molecule has 2 nitrogen and oxygen atoms in total. The summed E-state index contributed by atoms with van der Waals surface area (Å²) >= 11 is 12.7. The van der Waals surface area contributed by atoms with Crippen LogP contribution in [-0.2, 0) is 0 Å². The van der Waals surface area contributed by atoms with Crippen LogP contribution in [0, 0.1) is 0 Å². The molecule has 0 heterocycles. The smallest absolute Gasteiger partial charge is 0.195 e. The topological polar surface area (TPSA) is 26.3 Å². The van der Waals surface area contributed by atoms with Crippen LogP contribution in [0.4, 0.5) is 0 Å².